The third-order valence-corrected chi connectivity index (χ3v) is 9.93. The van der Waals surface area contributed by atoms with E-state index >= 15 is 0 Å². The lowest BCUT2D eigenvalue weighted by molar-refractivity contribution is -0.122. The molecule has 3 heterocycles. The van der Waals surface area contributed by atoms with E-state index in [1.807, 2.05) is 0 Å². The zero-order valence-corrected chi connectivity index (χ0v) is 23.6. The Morgan fingerprint density at radius 3 is 2.15 bits per heavy atom. The van der Waals surface area contributed by atoms with E-state index in [-0.39, 0.29) is 6.54 Å². The number of rotatable bonds is 5. The lowest BCUT2D eigenvalue weighted by atomic mass is 9.83. The molecule has 1 saturated heterocycles. The first kappa shape index (κ1) is 26.6. The summed E-state index contributed by atoms with van der Waals surface area (Å²) < 4.78 is 29.2. The maximum atomic E-state index is 13.8. The number of nitrogens with zero attached hydrogens (tertiary/aromatic N) is 2. The molecule has 2 aliphatic heterocycles. The minimum absolute atomic E-state index is 0.346. The highest BCUT2D eigenvalue weighted by atomic mass is 79.9. The fraction of sp³-hybridized carbons (Fsp3) is 0.143. The molecule has 0 unspecified atom stereocenters. The number of thioether (sulfide) groups is 1. The van der Waals surface area contributed by atoms with E-state index in [0.29, 0.717) is 26.8 Å². The van der Waals surface area contributed by atoms with Crippen LogP contribution in [0.5, 0.6) is 0 Å². The predicted octanol–water partition coefficient (Wildman–Crippen LogP) is 5.39. The molecule has 0 aliphatic carbocycles. The van der Waals surface area contributed by atoms with Crippen LogP contribution in [0.2, 0.25) is 0 Å². The fourth-order valence-electron chi connectivity index (χ4n) is 5.01. The van der Waals surface area contributed by atoms with Crippen LogP contribution in [0, 0.1) is 17.6 Å². The third-order valence-electron chi connectivity index (χ3n) is 6.79. The number of fused-ring (bicyclic) bond motifs is 2. The number of aromatic nitrogens is 1. The van der Waals surface area contributed by atoms with Crippen LogP contribution in [0.3, 0.4) is 0 Å². The van der Waals surface area contributed by atoms with Gasteiger partial charge >= 0.3 is 4.87 Å². The smallest absolute Gasteiger partial charge is 0.308 e. The molecule has 1 N–H and O–H groups in total. The SMILES string of the molecule is O=C(Cn1c2c(sc1=O)[C@@H](c1ccc(F)cc1)[C@H]1C(=O)N(c3ccc(Br)cc3)C(=O)[C@H]1S2)Nc1ccc(F)cc1. The topological polar surface area (TPSA) is 88.5 Å². The molecule has 202 valence electrons. The maximum Gasteiger partial charge on any atom is 0.308 e. The van der Waals surface area contributed by atoms with Gasteiger partial charge in [-0.25, -0.2) is 13.7 Å². The van der Waals surface area contributed by atoms with Gasteiger partial charge < -0.3 is 5.32 Å². The molecule has 0 radical (unpaired) electrons. The second-order valence-electron chi connectivity index (χ2n) is 9.26. The summed E-state index contributed by atoms with van der Waals surface area (Å²) >= 11 is 5.35. The van der Waals surface area contributed by atoms with E-state index in [1.165, 1.54) is 41.0 Å². The number of nitrogens with one attached hydrogen (secondary N) is 1. The third kappa shape index (κ3) is 4.69. The van der Waals surface area contributed by atoms with E-state index in [1.54, 1.807) is 36.4 Å². The Bertz CT molecular complexity index is 1710. The summed E-state index contributed by atoms with van der Waals surface area (Å²) in [5.74, 6) is -3.80. The second kappa shape index (κ2) is 10.4. The molecular weight excluding hydrogens is 624 g/mol. The molecule has 1 aromatic heterocycles. The lowest BCUT2D eigenvalue weighted by Gasteiger charge is -2.30. The average molecular weight is 643 g/mol. The predicted molar refractivity (Wildman–Crippen MR) is 152 cm³/mol. The highest BCUT2D eigenvalue weighted by molar-refractivity contribution is 9.10. The van der Waals surface area contributed by atoms with Gasteiger partial charge in [-0.05, 0) is 66.2 Å². The van der Waals surface area contributed by atoms with Crippen LogP contribution < -0.4 is 15.1 Å². The Kier molecular flexibility index (Phi) is 6.93. The van der Waals surface area contributed by atoms with Crippen molar-refractivity contribution >= 4 is 68.1 Å². The van der Waals surface area contributed by atoms with Gasteiger partial charge in [-0.3, -0.25) is 23.7 Å². The van der Waals surface area contributed by atoms with Crippen molar-refractivity contribution in [3.05, 3.63) is 109 Å². The summed E-state index contributed by atoms with van der Waals surface area (Å²) in [5, 5.41) is 2.19. The Balaban J connectivity index is 1.40. The van der Waals surface area contributed by atoms with Crippen LogP contribution in [0.25, 0.3) is 0 Å². The number of hydrogen-bond acceptors (Lipinski definition) is 6. The normalized spacial score (nSPS) is 19.9. The van der Waals surface area contributed by atoms with E-state index in [0.717, 1.165) is 32.5 Å². The zero-order chi connectivity index (χ0) is 28.1. The number of anilines is 2. The lowest BCUT2D eigenvalue weighted by Crippen LogP contribution is -2.33. The number of carbonyl (C=O) groups excluding carboxylic acids is 3. The minimum Gasteiger partial charge on any atom is -0.325 e. The summed E-state index contributed by atoms with van der Waals surface area (Å²) in [6.07, 6.45) is 0. The van der Waals surface area contributed by atoms with Gasteiger partial charge in [0.1, 0.15) is 23.4 Å². The molecule has 3 aromatic carbocycles. The van der Waals surface area contributed by atoms with Crippen molar-refractivity contribution in [1.29, 1.82) is 0 Å². The van der Waals surface area contributed by atoms with E-state index in [2.05, 4.69) is 21.2 Å². The van der Waals surface area contributed by atoms with Crippen LogP contribution >= 0.6 is 39.0 Å². The van der Waals surface area contributed by atoms with Gasteiger partial charge in [0.15, 0.2) is 0 Å². The minimum atomic E-state index is -0.862. The van der Waals surface area contributed by atoms with E-state index in [9.17, 15) is 28.0 Å². The fourth-order valence-corrected chi connectivity index (χ4v) is 8.04. The summed E-state index contributed by atoms with van der Waals surface area (Å²) in [5.41, 5.74) is 1.37. The van der Waals surface area contributed by atoms with Gasteiger partial charge in [0.25, 0.3) is 0 Å². The first-order valence-electron chi connectivity index (χ1n) is 12.1. The summed E-state index contributed by atoms with van der Waals surface area (Å²) in [7, 11) is 0. The Hall–Kier alpha value is -3.61. The number of carbonyl (C=O) groups is 3. The number of imide groups is 1. The maximum absolute atomic E-state index is 13.8. The molecule has 12 heteroatoms. The van der Waals surface area contributed by atoms with Crippen molar-refractivity contribution in [3.8, 4) is 0 Å². The van der Waals surface area contributed by atoms with Crippen molar-refractivity contribution in [2.45, 2.75) is 22.7 Å². The van der Waals surface area contributed by atoms with Crippen LogP contribution in [0.1, 0.15) is 16.4 Å². The Morgan fingerprint density at radius 2 is 1.50 bits per heavy atom. The Morgan fingerprint density at radius 1 is 0.875 bits per heavy atom. The Labute approximate surface area is 242 Å². The van der Waals surface area contributed by atoms with Gasteiger partial charge in [0, 0.05) is 21.0 Å². The van der Waals surface area contributed by atoms with Crippen molar-refractivity contribution in [3.63, 3.8) is 0 Å². The van der Waals surface area contributed by atoms with Gasteiger partial charge in [0.2, 0.25) is 17.7 Å². The standard InChI is InChI=1S/C28H18BrF2N3O4S2/c29-15-3-11-19(12-4-15)34-25(36)22-21(14-1-5-16(30)6-2-14)24-27(39-23(22)26(34)37)33(28(38)40-24)13-20(35)32-18-9-7-17(31)8-10-18/h1-12,21-23H,13H2,(H,32,35)/t21-,22+,23-/m0/s1. The highest BCUT2D eigenvalue weighted by Gasteiger charge is 2.56. The molecule has 40 heavy (non-hydrogen) atoms. The van der Waals surface area contributed by atoms with E-state index < -0.39 is 51.3 Å². The van der Waals surface area contributed by atoms with E-state index in [4.69, 9.17) is 0 Å². The number of amides is 3. The van der Waals surface area contributed by atoms with Crippen molar-refractivity contribution in [1.82, 2.24) is 4.57 Å². The molecule has 0 saturated carbocycles. The molecule has 3 atom stereocenters. The first-order valence-corrected chi connectivity index (χ1v) is 14.5. The molecule has 6 rings (SSSR count). The molecule has 4 aromatic rings. The van der Waals surface area contributed by atoms with Crippen LogP contribution in [0.4, 0.5) is 20.2 Å². The van der Waals surface area contributed by atoms with Crippen LogP contribution in [-0.2, 0) is 20.9 Å². The molecule has 2 aliphatic rings. The first-order chi connectivity index (χ1) is 19.2. The van der Waals surface area contributed by atoms with Crippen LogP contribution in [0.15, 0.2) is 87.1 Å². The molecule has 0 spiro atoms. The van der Waals surface area contributed by atoms with Gasteiger partial charge in [0.05, 0.1) is 16.6 Å². The van der Waals surface area contributed by atoms with Crippen molar-refractivity contribution < 1.29 is 23.2 Å². The van der Waals surface area contributed by atoms with Crippen molar-refractivity contribution in [2.24, 2.45) is 5.92 Å². The average Bonchev–Trinajstić information content (AvgIpc) is 3.37. The summed E-state index contributed by atoms with van der Waals surface area (Å²) in [4.78, 5) is 54.8. The highest BCUT2D eigenvalue weighted by Crippen LogP contribution is 2.53. The number of benzene rings is 3. The van der Waals surface area contributed by atoms with Gasteiger partial charge in [-0.15, -0.1) is 0 Å². The second-order valence-corrected chi connectivity index (χ2v) is 12.3. The van der Waals surface area contributed by atoms with Crippen LogP contribution in [-0.4, -0.2) is 27.5 Å². The molecule has 7 nitrogen and oxygen atoms in total. The molecule has 1 fully saturated rings. The number of hydrogen-bond donors (Lipinski definition) is 1. The largest absolute Gasteiger partial charge is 0.325 e. The summed E-state index contributed by atoms with van der Waals surface area (Å²) in [6, 6.07) is 17.7. The zero-order valence-electron chi connectivity index (χ0n) is 20.3. The molecule has 0 bridgehead atoms. The monoisotopic (exact) mass is 641 g/mol. The van der Waals surface area contributed by atoms with Gasteiger partial charge in [-0.1, -0.05) is 51.2 Å². The molecular formula is C28H18BrF2N3O4S2. The number of thiazole rings is 1. The molecule has 3 amide bonds. The van der Waals surface area contributed by atoms with Crippen molar-refractivity contribution in [2.75, 3.05) is 10.2 Å². The quantitative estimate of drug-likeness (QED) is 0.296. The number of halogens is 3. The summed E-state index contributed by atoms with van der Waals surface area (Å²) in [6.45, 7) is -0.346. The van der Waals surface area contributed by atoms with Gasteiger partial charge in [-0.2, -0.15) is 0 Å².